The summed E-state index contributed by atoms with van der Waals surface area (Å²) in [7, 11) is 0. The molecule has 0 aliphatic carbocycles. The monoisotopic (exact) mass is 310 g/mol. The molecule has 2 rings (SSSR count). The summed E-state index contributed by atoms with van der Waals surface area (Å²) in [5.74, 6) is -0.447. The molecule has 0 bridgehead atoms. The summed E-state index contributed by atoms with van der Waals surface area (Å²) in [6.45, 7) is 6.86. The molecule has 0 saturated carbocycles. The van der Waals surface area contributed by atoms with E-state index in [9.17, 15) is 9.59 Å². The first kappa shape index (κ1) is 16.0. The standard InChI is InChI=1S/C15H22N2O3S/c1-4-15(7-6-8-16-15)14(19)17-12-11(9-10(3)21-12)13(18)20-5-2/h9,16H,4-8H2,1-3H3,(H,17,19). The Morgan fingerprint density at radius 2 is 2.24 bits per heavy atom. The molecule has 0 spiro atoms. The van der Waals surface area contributed by atoms with Crippen molar-refractivity contribution >= 4 is 28.2 Å². The molecule has 0 radical (unpaired) electrons. The van der Waals surface area contributed by atoms with Crippen molar-refractivity contribution in [2.75, 3.05) is 18.5 Å². The molecule has 1 aliphatic heterocycles. The molecular weight excluding hydrogens is 288 g/mol. The molecule has 1 amide bonds. The van der Waals surface area contributed by atoms with Gasteiger partial charge in [0.1, 0.15) is 5.00 Å². The van der Waals surface area contributed by atoms with Gasteiger partial charge in [-0.3, -0.25) is 4.79 Å². The van der Waals surface area contributed by atoms with Gasteiger partial charge < -0.3 is 15.4 Å². The lowest BCUT2D eigenvalue weighted by Crippen LogP contribution is -2.50. The Balaban J connectivity index is 2.19. The lowest BCUT2D eigenvalue weighted by atomic mass is 9.93. The molecule has 2 heterocycles. The van der Waals surface area contributed by atoms with Crippen LogP contribution in [0.4, 0.5) is 5.00 Å². The zero-order chi connectivity index (χ0) is 15.5. The van der Waals surface area contributed by atoms with Gasteiger partial charge in [-0.1, -0.05) is 6.92 Å². The van der Waals surface area contributed by atoms with Crippen molar-refractivity contribution < 1.29 is 14.3 Å². The average molecular weight is 310 g/mol. The van der Waals surface area contributed by atoms with Gasteiger partial charge in [0, 0.05) is 4.88 Å². The zero-order valence-corrected chi connectivity index (χ0v) is 13.6. The van der Waals surface area contributed by atoms with Crippen LogP contribution in [-0.2, 0) is 9.53 Å². The van der Waals surface area contributed by atoms with E-state index in [4.69, 9.17) is 4.74 Å². The molecule has 1 aliphatic rings. The molecule has 1 atom stereocenters. The van der Waals surface area contributed by atoms with E-state index in [1.807, 2.05) is 13.8 Å². The van der Waals surface area contributed by atoms with Crippen LogP contribution in [0.25, 0.3) is 0 Å². The third-order valence-corrected chi connectivity index (χ3v) is 4.83. The Labute approximate surface area is 129 Å². The van der Waals surface area contributed by atoms with E-state index < -0.39 is 5.54 Å². The van der Waals surface area contributed by atoms with Crippen LogP contribution >= 0.6 is 11.3 Å². The number of amides is 1. The second-order valence-corrected chi connectivity index (χ2v) is 6.50. The normalized spacial score (nSPS) is 21.3. The second kappa shape index (κ2) is 6.58. The minimum atomic E-state index is -0.510. The number of carbonyl (C=O) groups is 2. The Bertz CT molecular complexity index is 533. The van der Waals surface area contributed by atoms with Gasteiger partial charge in [-0.15, -0.1) is 11.3 Å². The van der Waals surface area contributed by atoms with E-state index in [2.05, 4.69) is 10.6 Å². The molecule has 5 nitrogen and oxygen atoms in total. The van der Waals surface area contributed by atoms with Crippen molar-refractivity contribution in [3.63, 3.8) is 0 Å². The molecule has 1 aromatic rings. The molecule has 1 unspecified atom stereocenters. The number of nitrogens with one attached hydrogen (secondary N) is 2. The van der Waals surface area contributed by atoms with E-state index in [0.717, 1.165) is 30.7 Å². The van der Waals surface area contributed by atoms with Gasteiger partial charge in [0.25, 0.3) is 0 Å². The number of carbonyl (C=O) groups excluding carboxylic acids is 2. The highest BCUT2D eigenvalue weighted by Gasteiger charge is 2.39. The van der Waals surface area contributed by atoms with Crippen LogP contribution in [0.2, 0.25) is 0 Å². The maximum Gasteiger partial charge on any atom is 0.341 e. The first-order chi connectivity index (χ1) is 10.0. The highest BCUT2D eigenvalue weighted by atomic mass is 32.1. The van der Waals surface area contributed by atoms with Crippen molar-refractivity contribution in [3.8, 4) is 0 Å². The number of thiophene rings is 1. The predicted molar refractivity (Wildman–Crippen MR) is 83.9 cm³/mol. The Kier molecular flexibility index (Phi) is 5.00. The SMILES string of the molecule is CCOC(=O)c1cc(C)sc1NC(=O)C1(CC)CCCN1. The van der Waals surface area contributed by atoms with Crippen molar-refractivity contribution in [2.24, 2.45) is 0 Å². The number of aryl methyl sites for hydroxylation is 1. The lowest BCUT2D eigenvalue weighted by Gasteiger charge is -2.26. The number of anilines is 1. The van der Waals surface area contributed by atoms with Crippen LogP contribution in [0.5, 0.6) is 0 Å². The summed E-state index contributed by atoms with van der Waals surface area (Å²) in [6.07, 6.45) is 2.56. The first-order valence-corrected chi connectivity index (χ1v) is 8.18. The van der Waals surface area contributed by atoms with Crippen LogP contribution in [0.15, 0.2) is 6.07 Å². The minimum absolute atomic E-state index is 0.0603. The summed E-state index contributed by atoms with van der Waals surface area (Å²) >= 11 is 1.40. The molecule has 116 valence electrons. The number of hydrogen-bond acceptors (Lipinski definition) is 5. The fourth-order valence-corrected chi connectivity index (χ4v) is 3.55. The van der Waals surface area contributed by atoms with Crippen LogP contribution in [0.3, 0.4) is 0 Å². The van der Waals surface area contributed by atoms with Crippen LogP contribution < -0.4 is 10.6 Å². The van der Waals surface area contributed by atoms with Gasteiger partial charge in [0.15, 0.2) is 0 Å². The van der Waals surface area contributed by atoms with E-state index in [-0.39, 0.29) is 11.9 Å². The van der Waals surface area contributed by atoms with E-state index >= 15 is 0 Å². The lowest BCUT2D eigenvalue weighted by molar-refractivity contribution is -0.122. The third-order valence-electron chi connectivity index (χ3n) is 3.86. The van der Waals surface area contributed by atoms with Gasteiger partial charge in [0.2, 0.25) is 5.91 Å². The Hall–Kier alpha value is -1.40. The number of hydrogen-bond donors (Lipinski definition) is 2. The van der Waals surface area contributed by atoms with Gasteiger partial charge in [0.05, 0.1) is 17.7 Å². The number of esters is 1. The maximum atomic E-state index is 12.6. The molecule has 1 fully saturated rings. The zero-order valence-electron chi connectivity index (χ0n) is 12.7. The maximum absolute atomic E-state index is 12.6. The second-order valence-electron chi connectivity index (χ2n) is 5.24. The fraction of sp³-hybridized carbons (Fsp3) is 0.600. The Morgan fingerprint density at radius 3 is 2.81 bits per heavy atom. The molecular formula is C15H22N2O3S. The van der Waals surface area contributed by atoms with Crippen molar-refractivity contribution in [1.82, 2.24) is 5.32 Å². The van der Waals surface area contributed by atoms with Crippen molar-refractivity contribution in [2.45, 2.75) is 45.6 Å². The van der Waals surface area contributed by atoms with Gasteiger partial charge in [-0.25, -0.2) is 4.79 Å². The molecule has 6 heteroatoms. The third kappa shape index (κ3) is 3.27. The molecule has 0 aromatic carbocycles. The summed E-state index contributed by atoms with van der Waals surface area (Å²) in [4.78, 5) is 25.5. The molecule has 1 aromatic heterocycles. The fourth-order valence-electron chi connectivity index (χ4n) is 2.65. The minimum Gasteiger partial charge on any atom is -0.462 e. The quantitative estimate of drug-likeness (QED) is 0.821. The van der Waals surface area contributed by atoms with Gasteiger partial charge >= 0.3 is 5.97 Å². The van der Waals surface area contributed by atoms with E-state index in [0.29, 0.717) is 17.2 Å². The number of ether oxygens (including phenoxy) is 1. The highest BCUT2D eigenvalue weighted by Crippen LogP contribution is 2.31. The summed E-state index contributed by atoms with van der Waals surface area (Å²) in [6, 6.07) is 1.76. The van der Waals surface area contributed by atoms with Gasteiger partial charge in [-0.2, -0.15) is 0 Å². The largest absolute Gasteiger partial charge is 0.462 e. The molecule has 2 N–H and O–H groups in total. The topological polar surface area (TPSA) is 67.4 Å². The van der Waals surface area contributed by atoms with Gasteiger partial charge in [-0.05, 0) is 45.7 Å². The van der Waals surface area contributed by atoms with Crippen LogP contribution in [0.1, 0.15) is 48.3 Å². The highest BCUT2D eigenvalue weighted by molar-refractivity contribution is 7.16. The van der Waals surface area contributed by atoms with E-state index in [1.165, 1.54) is 11.3 Å². The smallest absolute Gasteiger partial charge is 0.341 e. The van der Waals surface area contributed by atoms with Crippen molar-refractivity contribution in [1.29, 1.82) is 0 Å². The Morgan fingerprint density at radius 1 is 1.48 bits per heavy atom. The summed E-state index contributed by atoms with van der Waals surface area (Å²) in [5.41, 5.74) is -0.0685. The van der Waals surface area contributed by atoms with Crippen LogP contribution in [-0.4, -0.2) is 30.6 Å². The molecule has 1 saturated heterocycles. The molecule has 21 heavy (non-hydrogen) atoms. The average Bonchev–Trinajstić information content (AvgIpc) is 3.06. The predicted octanol–water partition coefficient (Wildman–Crippen LogP) is 2.70. The van der Waals surface area contributed by atoms with E-state index in [1.54, 1.807) is 13.0 Å². The number of rotatable bonds is 5. The van der Waals surface area contributed by atoms with Crippen LogP contribution in [0, 0.1) is 6.92 Å². The summed E-state index contributed by atoms with van der Waals surface area (Å²) in [5, 5.41) is 6.80. The van der Waals surface area contributed by atoms with Crippen molar-refractivity contribution in [3.05, 3.63) is 16.5 Å². The summed E-state index contributed by atoms with van der Waals surface area (Å²) < 4.78 is 5.04. The first-order valence-electron chi connectivity index (χ1n) is 7.36.